The zero-order valence-electron chi connectivity index (χ0n) is 27.0. The highest BCUT2D eigenvalue weighted by molar-refractivity contribution is 6.34. The van der Waals surface area contributed by atoms with Gasteiger partial charge in [-0.15, -0.1) is 0 Å². The molecule has 0 saturated heterocycles. The minimum Gasteiger partial charge on any atom is -0.264 e. The maximum atomic E-state index is 5.53. The van der Waals surface area contributed by atoms with E-state index < -0.39 is 0 Å². The molecule has 10 aromatic rings. The first kappa shape index (κ1) is 28.3. The molecule has 0 radical (unpaired) electrons. The van der Waals surface area contributed by atoms with Gasteiger partial charge in [-0.2, -0.15) is 0 Å². The van der Waals surface area contributed by atoms with Gasteiger partial charge in [-0.05, 0) is 74.8 Å². The Morgan fingerprint density at radius 3 is 1.56 bits per heavy atom. The number of hydrogen-bond acceptors (Lipinski definition) is 4. The summed E-state index contributed by atoms with van der Waals surface area (Å²) in [7, 11) is 0. The summed E-state index contributed by atoms with van der Waals surface area (Å²) in [6.45, 7) is 0. The van der Waals surface area contributed by atoms with Crippen molar-refractivity contribution in [2.45, 2.75) is 0 Å². The summed E-state index contributed by atoms with van der Waals surface area (Å²) < 4.78 is 0. The fourth-order valence-corrected chi connectivity index (χ4v) is 7.49. The van der Waals surface area contributed by atoms with E-state index in [1.165, 1.54) is 16.2 Å². The predicted octanol–water partition coefficient (Wildman–Crippen LogP) is 11.7. The summed E-state index contributed by atoms with van der Waals surface area (Å²) in [6.07, 6.45) is 9.34. The molecule has 0 saturated carbocycles. The van der Waals surface area contributed by atoms with Crippen LogP contribution >= 0.6 is 0 Å². The van der Waals surface area contributed by atoms with Crippen LogP contribution in [0.3, 0.4) is 0 Å². The maximum absolute atomic E-state index is 5.53. The van der Waals surface area contributed by atoms with Gasteiger partial charge in [0.1, 0.15) is 0 Å². The van der Waals surface area contributed by atoms with E-state index in [4.69, 9.17) is 9.97 Å². The monoisotopic (exact) mass is 636 g/mol. The lowest BCUT2D eigenvalue weighted by Gasteiger charge is -2.16. The molecule has 0 N–H and O–H groups in total. The minimum absolute atomic E-state index is 0.951. The number of rotatable bonds is 4. The Hall–Kier alpha value is -6.78. The van der Waals surface area contributed by atoms with Gasteiger partial charge in [0.15, 0.2) is 0 Å². The van der Waals surface area contributed by atoms with Gasteiger partial charge in [-0.3, -0.25) is 15.0 Å². The molecule has 0 aliphatic rings. The molecule has 4 heteroatoms. The third-order valence-electron chi connectivity index (χ3n) is 9.82. The molecule has 0 atom stereocenters. The average Bonchev–Trinajstić information content (AvgIpc) is 3.21. The molecule has 0 amide bonds. The summed E-state index contributed by atoms with van der Waals surface area (Å²) in [5, 5.41) is 9.25. The predicted molar refractivity (Wildman–Crippen MR) is 207 cm³/mol. The first-order valence-electron chi connectivity index (χ1n) is 16.8. The van der Waals surface area contributed by atoms with Crippen molar-refractivity contribution in [1.82, 2.24) is 19.9 Å². The average molecular weight is 637 g/mol. The number of pyridine rings is 4. The topological polar surface area (TPSA) is 51.6 Å². The fourth-order valence-electron chi connectivity index (χ4n) is 7.49. The third kappa shape index (κ3) is 4.54. The van der Waals surface area contributed by atoms with Gasteiger partial charge in [0.2, 0.25) is 0 Å². The van der Waals surface area contributed by atoms with Crippen LogP contribution in [0.15, 0.2) is 171 Å². The van der Waals surface area contributed by atoms with Crippen molar-refractivity contribution in [3.8, 4) is 44.6 Å². The normalized spacial score (nSPS) is 11.6. The summed E-state index contributed by atoms with van der Waals surface area (Å²) in [4.78, 5) is 19.3. The van der Waals surface area contributed by atoms with E-state index in [2.05, 4.69) is 131 Å². The van der Waals surface area contributed by atoms with Gasteiger partial charge in [-0.1, -0.05) is 103 Å². The second kappa shape index (κ2) is 11.4. The summed E-state index contributed by atoms with van der Waals surface area (Å²) in [5.41, 5.74) is 10.6. The highest BCUT2D eigenvalue weighted by atomic mass is 14.7. The summed E-state index contributed by atoms with van der Waals surface area (Å²) in [6, 6.07) is 49.5. The van der Waals surface area contributed by atoms with E-state index in [-0.39, 0.29) is 0 Å². The Kier molecular flexibility index (Phi) is 6.46. The molecule has 4 aromatic heterocycles. The van der Waals surface area contributed by atoms with Crippen molar-refractivity contribution in [3.63, 3.8) is 0 Å². The number of nitrogens with zero attached hydrogens (tertiary/aromatic N) is 4. The van der Waals surface area contributed by atoms with Gasteiger partial charge in [0, 0.05) is 74.6 Å². The largest absolute Gasteiger partial charge is 0.264 e. The summed E-state index contributed by atoms with van der Waals surface area (Å²) in [5.74, 6) is 0. The zero-order chi connectivity index (χ0) is 33.0. The smallest absolute Gasteiger partial charge is 0.0801 e. The van der Waals surface area contributed by atoms with Crippen LogP contribution in [0.2, 0.25) is 0 Å². The molecule has 50 heavy (non-hydrogen) atoms. The fraction of sp³-hybridized carbons (Fsp3) is 0. The highest BCUT2D eigenvalue weighted by Gasteiger charge is 2.19. The molecule has 4 nitrogen and oxygen atoms in total. The van der Waals surface area contributed by atoms with Crippen molar-refractivity contribution in [2.24, 2.45) is 0 Å². The molecule has 10 rings (SSSR count). The van der Waals surface area contributed by atoms with E-state index in [0.29, 0.717) is 0 Å². The van der Waals surface area contributed by atoms with E-state index >= 15 is 0 Å². The Bertz CT molecular complexity index is 2840. The lowest BCUT2D eigenvalue weighted by atomic mass is 9.90. The van der Waals surface area contributed by atoms with Crippen LogP contribution < -0.4 is 0 Å². The van der Waals surface area contributed by atoms with Gasteiger partial charge < -0.3 is 0 Å². The standard InChI is InChI=1S/C46H28N4/c1-3-13-39-37(11-1)38-12-2-4-14-40(38)46-42(39)43-41(20-19-30-8-7-23-49-45(30)43)44(50-46)31-17-15-29(16-18-31)34-24-35(32-9-5-21-47-27-32)26-36(25-34)33-10-6-22-48-28-33/h1-28H. The third-order valence-corrected chi connectivity index (χ3v) is 9.82. The van der Waals surface area contributed by atoms with Crippen LogP contribution in [-0.4, -0.2) is 19.9 Å². The molecular weight excluding hydrogens is 609 g/mol. The zero-order valence-corrected chi connectivity index (χ0v) is 27.0. The van der Waals surface area contributed by atoms with Crippen LogP contribution in [0, 0.1) is 0 Å². The minimum atomic E-state index is 0.951. The molecule has 0 unspecified atom stereocenters. The molecule has 4 heterocycles. The molecule has 0 spiro atoms. The van der Waals surface area contributed by atoms with Crippen LogP contribution in [0.1, 0.15) is 0 Å². The van der Waals surface area contributed by atoms with Crippen molar-refractivity contribution >= 4 is 54.1 Å². The second-order valence-electron chi connectivity index (χ2n) is 12.7. The van der Waals surface area contributed by atoms with E-state index in [9.17, 15) is 0 Å². The number of aromatic nitrogens is 4. The lowest BCUT2D eigenvalue weighted by molar-refractivity contribution is 1.32. The van der Waals surface area contributed by atoms with E-state index in [1.807, 2.05) is 49.2 Å². The van der Waals surface area contributed by atoms with Gasteiger partial charge >= 0.3 is 0 Å². The number of fused-ring (bicyclic) bond motifs is 10. The maximum Gasteiger partial charge on any atom is 0.0801 e. The van der Waals surface area contributed by atoms with Crippen molar-refractivity contribution in [3.05, 3.63) is 171 Å². The molecule has 232 valence electrons. The van der Waals surface area contributed by atoms with Gasteiger partial charge in [0.05, 0.1) is 16.7 Å². The first-order valence-corrected chi connectivity index (χ1v) is 16.8. The van der Waals surface area contributed by atoms with Gasteiger partial charge in [-0.25, -0.2) is 4.98 Å². The van der Waals surface area contributed by atoms with E-state index in [1.54, 1.807) is 0 Å². The SMILES string of the molecule is c1cncc(-c2cc(-c3ccc(-c4nc5c6ccccc6c6ccccc6c5c5c4ccc4cccnc45)cc3)cc(-c3cccnc3)c2)c1. The summed E-state index contributed by atoms with van der Waals surface area (Å²) >= 11 is 0. The van der Waals surface area contributed by atoms with Gasteiger partial charge in [0.25, 0.3) is 0 Å². The van der Waals surface area contributed by atoms with Crippen LogP contribution in [0.4, 0.5) is 0 Å². The van der Waals surface area contributed by atoms with Crippen LogP contribution in [0.25, 0.3) is 98.8 Å². The Labute approximate surface area is 288 Å². The number of benzene rings is 6. The Morgan fingerprint density at radius 1 is 0.340 bits per heavy atom. The molecule has 0 bridgehead atoms. The molecule has 0 fully saturated rings. The Morgan fingerprint density at radius 2 is 0.900 bits per heavy atom. The lowest BCUT2D eigenvalue weighted by Crippen LogP contribution is -1.94. The molecule has 6 aromatic carbocycles. The first-order chi connectivity index (χ1) is 24.8. The second-order valence-corrected chi connectivity index (χ2v) is 12.7. The quantitative estimate of drug-likeness (QED) is 0.180. The van der Waals surface area contributed by atoms with Crippen molar-refractivity contribution in [1.29, 1.82) is 0 Å². The Balaban J connectivity index is 1.21. The van der Waals surface area contributed by atoms with Crippen molar-refractivity contribution < 1.29 is 0 Å². The van der Waals surface area contributed by atoms with Crippen LogP contribution in [-0.2, 0) is 0 Å². The molecular formula is C46H28N4. The highest BCUT2D eigenvalue weighted by Crippen LogP contribution is 2.43. The number of hydrogen-bond donors (Lipinski definition) is 0. The van der Waals surface area contributed by atoms with Crippen molar-refractivity contribution in [2.75, 3.05) is 0 Å². The molecule has 0 aliphatic carbocycles. The molecule has 0 aliphatic heterocycles. The van der Waals surface area contributed by atoms with Crippen LogP contribution in [0.5, 0.6) is 0 Å². The van der Waals surface area contributed by atoms with E-state index in [0.717, 1.165) is 82.6 Å².